The zero-order chi connectivity index (χ0) is 12.1. The van der Waals surface area contributed by atoms with Gasteiger partial charge in [0.1, 0.15) is 5.75 Å². The summed E-state index contributed by atoms with van der Waals surface area (Å²) in [4.78, 5) is 0. The second-order valence-electron chi connectivity index (χ2n) is 3.09. The summed E-state index contributed by atoms with van der Waals surface area (Å²) >= 11 is 1.36. The molecule has 0 N–H and O–H groups in total. The van der Waals surface area contributed by atoms with Crippen LogP contribution in [-0.2, 0) is 0 Å². The molecule has 0 bridgehead atoms. The van der Waals surface area contributed by atoms with Crippen molar-refractivity contribution in [2.24, 2.45) is 0 Å². The Kier molecular flexibility index (Phi) is 3.58. The number of aromatic nitrogens is 2. The van der Waals surface area contributed by atoms with E-state index >= 15 is 0 Å². The molecule has 17 heavy (non-hydrogen) atoms. The third-order valence-corrected chi connectivity index (χ3v) is 2.91. The minimum atomic E-state index is 0.206. The summed E-state index contributed by atoms with van der Waals surface area (Å²) in [5, 5.41) is 9.19. The van der Waals surface area contributed by atoms with Gasteiger partial charge in [0, 0.05) is 5.56 Å². The molecular formula is C12H10N2O2S. The van der Waals surface area contributed by atoms with Crippen LogP contribution >= 0.6 is 11.3 Å². The molecule has 2 aromatic rings. The number of methoxy groups -OCH3 is 1. The van der Waals surface area contributed by atoms with Gasteiger partial charge in [0.05, 0.1) is 7.11 Å². The average molecular weight is 246 g/mol. The predicted molar refractivity (Wildman–Crippen MR) is 66.2 cm³/mol. The molecule has 2 rings (SSSR count). The number of nitrogens with zero attached hydrogens (tertiary/aromatic N) is 2. The van der Waals surface area contributed by atoms with Crippen molar-refractivity contribution in [3.63, 3.8) is 0 Å². The van der Waals surface area contributed by atoms with Crippen LogP contribution in [0.25, 0.3) is 10.6 Å². The highest BCUT2D eigenvalue weighted by Crippen LogP contribution is 2.28. The molecule has 0 aliphatic rings. The van der Waals surface area contributed by atoms with Crippen LogP contribution in [0.2, 0.25) is 0 Å². The van der Waals surface area contributed by atoms with Gasteiger partial charge < -0.3 is 9.47 Å². The molecule has 1 aromatic heterocycles. The molecule has 0 radical (unpaired) electrons. The van der Waals surface area contributed by atoms with Crippen LogP contribution in [0.5, 0.6) is 10.9 Å². The van der Waals surface area contributed by atoms with Crippen molar-refractivity contribution in [1.29, 1.82) is 0 Å². The number of terminal acetylenes is 1. The van der Waals surface area contributed by atoms with Crippen LogP contribution in [0, 0.1) is 12.3 Å². The van der Waals surface area contributed by atoms with E-state index in [1.165, 1.54) is 11.3 Å². The van der Waals surface area contributed by atoms with Gasteiger partial charge in [-0.3, -0.25) is 0 Å². The first-order valence-corrected chi connectivity index (χ1v) is 5.69. The van der Waals surface area contributed by atoms with E-state index < -0.39 is 0 Å². The molecule has 0 spiro atoms. The van der Waals surface area contributed by atoms with E-state index in [2.05, 4.69) is 16.1 Å². The van der Waals surface area contributed by atoms with Gasteiger partial charge in [0.25, 0.3) is 5.19 Å². The van der Waals surface area contributed by atoms with Crippen LogP contribution in [0.15, 0.2) is 24.3 Å². The summed E-state index contributed by atoms with van der Waals surface area (Å²) in [6.45, 7) is 0.206. The molecule has 5 heteroatoms. The molecule has 0 fully saturated rings. The third kappa shape index (κ3) is 2.74. The summed E-state index contributed by atoms with van der Waals surface area (Å²) in [5.74, 6) is 3.19. The highest BCUT2D eigenvalue weighted by atomic mass is 32.1. The Labute approximate surface area is 103 Å². The van der Waals surface area contributed by atoms with Crippen molar-refractivity contribution in [1.82, 2.24) is 10.2 Å². The Morgan fingerprint density at radius 3 is 2.71 bits per heavy atom. The third-order valence-electron chi connectivity index (χ3n) is 2.02. The Balaban J connectivity index is 2.16. The van der Waals surface area contributed by atoms with E-state index in [4.69, 9.17) is 15.9 Å². The maximum absolute atomic E-state index is 5.19. The lowest BCUT2D eigenvalue weighted by Gasteiger charge is -1.99. The van der Waals surface area contributed by atoms with Crippen LogP contribution in [0.4, 0.5) is 0 Å². The number of hydrogen-bond acceptors (Lipinski definition) is 5. The van der Waals surface area contributed by atoms with E-state index in [0.717, 1.165) is 16.3 Å². The topological polar surface area (TPSA) is 44.2 Å². The van der Waals surface area contributed by atoms with Gasteiger partial charge in [0.2, 0.25) is 0 Å². The molecule has 0 saturated carbocycles. The smallest absolute Gasteiger partial charge is 0.295 e. The first-order chi connectivity index (χ1) is 8.33. The SMILES string of the molecule is C#CCOc1nnc(-c2ccc(OC)cc2)s1. The second kappa shape index (κ2) is 5.32. The van der Waals surface area contributed by atoms with Gasteiger partial charge >= 0.3 is 0 Å². The molecule has 1 aromatic carbocycles. The molecule has 1 heterocycles. The van der Waals surface area contributed by atoms with Crippen molar-refractivity contribution >= 4 is 11.3 Å². The van der Waals surface area contributed by atoms with E-state index in [9.17, 15) is 0 Å². The molecule has 86 valence electrons. The fraction of sp³-hybridized carbons (Fsp3) is 0.167. The van der Waals surface area contributed by atoms with Gasteiger partial charge in [-0.2, -0.15) is 0 Å². The van der Waals surface area contributed by atoms with E-state index in [0.29, 0.717) is 5.19 Å². The van der Waals surface area contributed by atoms with E-state index in [-0.39, 0.29) is 6.61 Å². The summed E-state index contributed by atoms with van der Waals surface area (Å²) in [6, 6.07) is 7.59. The normalized spacial score (nSPS) is 9.65. The molecular weight excluding hydrogens is 236 g/mol. The lowest BCUT2D eigenvalue weighted by atomic mass is 10.2. The van der Waals surface area contributed by atoms with Crippen molar-refractivity contribution in [3.8, 4) is 33.9 Å². The van der Waals surface area contributed by atoms with Crippen molar-refractivity contribution in [2.75, 3.05) is 13.7 Å². The van der Waals surface area contributed by atoms with Gasteiger partial charge in [0.15, 0.2) is 11.6 Å². The second-order valence-corrected chi connectivity index (χ2v) is 4.03. The molecule has 4 nitrogen and oxygen atoms in total. The highest BCUT2D eigenvalue weighted by Gasteiger charge is 2.07. The van der Waals surface area contributed by atoms with Crippen LogP contribution in [-0.4, -0.2) is 23.9 Å². The number of benzene rings is 1. The van der Waals surface area contributed by atoms with Gasteiger partial charge in [-0.05, 0) is 24.3 Å². The summed E-state index contributed by atoms with van der Waals surface area (Å²) in [5.41, 5.74) is 0.971. The monoisotopic (exact) mass is 246 g/mol. The molecule has 0 atom stereocenters. The molecule has 0 amide bonds. The quantitative estimate of drug-likeness (QED) is 0.776. The summed E-state index contributed by atoms with van der Waals surface area (Å²) < 4.78 is 10.3. The molecule has 0 aliphatic heterocycles. The first-order valence-electron chi connectivity index (χ1n) is 4.87. The number of rotatable bonds is 4. The number of hydrogen-bond donors (Lipinski definition) is 0. The highest BCUT2D eigenvalue weighted by molar-refractivity contribution is 7.16. The Morgan fingerprint density at radius 1 is 1.29 bits per heavy atom. The van der Waals surface area contributed by atoms with E-state index in [1.807, 2.05) is 24.3 Å². The minimum absolute atomic E-state index is 0.206. The van der Waals surface area contributed by atoms with Crippen LogP contribution in [0.3, 0.4) is 0 Å². The Bertz CT molecular complexity index is 528. The minimum Gasteiger partial charge on any atom is -0.497 e. The zero-order valence-corrected chi connectivity index (χ0v) is 10.0. The summed E-state index contributed by atoms with van der Waals surface area (Å²) in [7, 11) is 1.63. The first kappa shape index (κ1) is 11.4. The molecule has 0 saturated heterocycles. The number of ether oxygens (including phenoxy) is 2. The zero-order valence-electron chi connectivity index (χ0n) is 9.21. The maximum Gasteiger partial charge on any atom is 0.295 e. The van der Waals surface area contributed by atoms with Crippen LogP contribution < -0.4 is 9.47 Å². The van der Waals surface area contributed by atoms with Gasteiger partial charge in [-0.1, -0.05) is 22.4 Å². The Morgan fingerprint density at radius 2 is 2.06 bits per heavy atom. The van der Waals surface area contributed by atoms with Gasteiger partial charge in [-0.15, -0.1) is 11.5 Å². The summed E-state index contributed by atoms with van der Waals surface area (Å²) in [6.07, 6.45) is 5.09. The lowest BCUT2D eigenvalue weighted by Crippen LogP contribution is -1.91. The van der Waals surface area contributed by atoms with Gasteiger partial charge in [-0.25, -0.2) is 0 Å². The van der Waals surface area contributed by atoms with Crippen LogP contribution in [0.1, 0.15) is 0 Å². The average Bonchev–Trinajstić information content (AvgIpc) is 2.85. The van der Waals surface area contributed by atoms with Crippen molar-refractivity contribution in [3.05, 3.63) is 24.3 Å². The largest absolute Gasteiger partial charge is 0.497 e. The van der Waals surface area contributed by atoms with Crippen molar-refractivity contribution in [2.45, 2.75) is 0 Å². The predicted octanol–water partition coefficient (Wildman–Crippen LogP) is 2.23. The van der Waals surface area contributed by atoms with Crippen molar-refractivity contribution < 1.29 is 9.47 Å². The fourth-order valence-electron chi connectivity index (χ4n) is 1.22. The Hall–Kier alpha value is -2.06. The van der Waals surface area contributed by atoms with E-state index in [1.54, 1.807) is 7.11 Å². The maximum atomic E-state index is 5.19. The molecule has 0 unspecified atom stereocenters. The fourth-order valence-corrected chi connectivity index (χ4v) is 1.92. The lowest BCUT2D eigenvalue weighted by molar-refractivity contribution is 0.364. The standard InChI is InChI=1S/C12H10N2O2S/c1-3-8-16-12-14-13-11(17-12)9-4-6-10(15-2)7-5-9/h1,4-7H,8H2,2H3. The molecule has 0 aliphatic carbocycles.